The molecule has 0 aliphatic heterocycles. The molecule has 8 nitrogen and oxygen atoms in total. The number of ether oxygens (including phenoxy) is 2. The van der Waals surface area contributed by atoms with Crippen LogP contribution in [-0.2, 0) is 22.7 Å². The molecular weight excluding hydrogens is 352 g/mol. The van der Waals surface area contributed by atoms with Crippen molar-refractivity contribution < 1.29 is 29.3 Å². The van der Waals surface area contributed by atoms with E-state index >= 15 is 0 Å². The quantitative estimate of drug-likeness (QED) is 0.709. The van der Waals surface area contributed by atoms with Gasteiger partial charge >= 0.3 is 11.9 Å². The van der Waals surface area contributed by atoms with E-state index in [2.05, 4.69) is 35.0 Å². The number of aromatic nitrogens is 1. The molecule has 0 bridgehead atoms. The van der Waals surface area contributed by atoms with Crippen LogP contribution in [0, 0.1) is 0 Å². The summed E-state index contributed by atoms with van der Waals surface area (Å²) in [5, 5.41) is 14.8. The molecule has 0 fully saturated rings. The van der Waals surface area contributed by atoms with Crippen molar-refractivity contribution in [3.8, 4) is 11.5 Å². The van der Waals surface area contributed by atoms with Crippen LogP contribution < -0.4 is 9.47 Å². The summed E-state index contributed by atoms with van der Waals surface area (Å²) in [5.74, 6) is -2.11. The number of methoxy groups -OCH3 is 2. The van der Waals surface area contributed by atoms with Crippen LogP contribution in [0.5, 0.6) is 11.5 Å². The minimum atomic E-state index is -1.82. The third kappa shape index (κ3) is 7.74. The van der Waals surface area contributed by atoms with Crippen molar-refractivity contribution in [2.45, 2.75) is 20.0 Å². The van der Waals surface area contributed by atoms with E-state index in [1.165, 1.54) is 11.1 Å². The predicted octanol–water partition coefficient (Wildman–Crippen LogP) is 2.28. The minimum absolute atomic E-state index is 0.762. The first-order valence-corrected chi connectivity index (χ1v) is 8.19. The van der Waals surface area contributed by atoms with Crippen LogP contribution in [0.4, 0.5) is 0 Å². The Kier molecular flexibility index (Phi) is 9.32. The van der Waals surface area contributed by atoms with Gasteiger partial charge in [0.05, 0.1) is 14.2 Å². The van der Waals surface area contributed by atoms with E-state index < -0.39 is 11.9 Å². The number of hydrogen-bond donors (Lipinski definition) is 2. The Hall–Kier alpha value is -3.13. The van der Waals surface area contributed by atoms with Crippen molar-refractivity contribution in [3.63, 3.8) is 0 Å². The van der Waals surface area contributed by atoms with Gasteiger partial charge in [-0.25, -0.2) is 9.59 Å². The zero-order chi connectivity index (χ0) is 20.2. The molecule has 0 aliphatic rings. The van der Waals surface area contributed by atoms with Gasteiger partial charge in [-0.1, -0.05) is 13.0 Å². The molecule has 0 amide bonds. The van der Waals surface area contributed by atoms with E-state index in [0.717, 1.165) is 31.1 Å². The topological polar surface area (TPSA) is 109 Å². The molecule has 2 rings (SSSR count). The number of carbonyl (C=O) groups is 2. The third-order valence-electron chi connectivity index (χ3n) is 3.64. The summed E-state index contributed by atoms with van der Waals surface area (Å²) in [6.07, 6.45) is 3.67. The smallest absolute Gasteiger partial charge is 0.414 e. The molecule has 146 valence electrons. The minimum Gasteiger partial charge on any atom is -0.493 e. The lowest BCUT2D eigenvalue weighted by Crippen LogP contribution is -2.22. The monoisotopic (exact) mass is 376 g/mol. The fourth-order valence-corrected chi connectivity index (χ4v) is 2.26. The lowest BCUT2D eigenvalue weighted by Gasteiger charge is -2.21. The van der Waals surface area contributed by atoms with Crippen LogP contribution in [0.1, 0.15) is 18.1 Å². The second kappa shape index (κ2) is 11.5. The molecule has 0 unspecified atom stereocenters. The number of pyridine rings is 1. The summed E-state index contributed by atoms with van der Waals surface area (Å²) in [6.45, 7) is 4.94. The average molecular weight is 376 g/mol. The number of nitrogens with zero attached hydrogens (tertiary/aromatic N) is 2. The van der Waals surface area contributed by atoms with Crippen molar-refractivity contribution in [2.24, 2.45) is 0 Å². The van der Waals surface area contributed by atoms with E-state index in [9.17, 15) is 0 Å². The maximum absolute atomic E-state index is 9.10. The highest BCUT2D eigenvalue weighted by molar-refractivity contribution is 6.27. The zero-order valence-corrected chi connectivity index (χ0v) is 15.6. The summed E-state index contributed by atoms with van der Waals surface area (Å²) < 4.78 is 10.6. The van der Waals surface area contributed by atoms with Crippen LogP contribution in [0.2, 0.25) is 0 Å². The van der Waals surface area contributed by atoms with Crippen molar-refractivity contribution >= 4 is 11.9 Å². The summed E-state index contributed by atoms with van der Waals surface area (Å²) in [6, 6.07) is 10.2. The normalized spacial score (nSPS) is 9.93. The molecule has 0 saturated carbocycles. The molecule has 1 aromatic heterocycles. The Morgan fingerprint density at radius 1 is 0.926 bits per heavy atom. The molecule has 8 heteroatoms. The molecular formula is C19H24N2O6. The van der Waals surface area contributed by atoms with Gasteiger partial charge in [-0.2, -0.15) is 0 Å². The van der Waals surface area contributed by atoms with Gasteiger partial charge in [0.2, 0.25) is 0 Å². The van der Waals surface area contributed by atoms with Gasteiger partial charge in [-0.05, 0) is 41.9 Å². The SMILES string of the molecule is CCN(Cc1ccncc1)Cc1ccc(OC)c(OC)c1.O=C(O)C(=O)O. The van der Waals surface area contributed by atoms with Crippen LogP contribution >= 0.6 is 0 Å². The standard InChI is InChI=1S/C17H22N2O2.C2H2O4/c1-4-19(12-14-7-9-18-10-8-14)13-15-5-6-16(20-2)17(11-15)21-3;3-1(4)2(5)6/h5-11H,4,12-13H2,1-3H3;(H,3,4)(H,5,6). The Morgan fingerprint density at radius 2 is 1.48 bits per heavy atom. The molecule has 0 spiro atoms. The first-order valence-electron chi connectivity index (χ1n) is 8.19. The Bertz CT molecular complexity index is 724. The average Bonchev–Trinajstić information content (AvgIpc) is 2.68. The second-order valence-corrected chi connectivity index (χ2v) is 5.46. The molecule has 1 heterocycles. The maximum atomic E-state index is 9.10. The molecule has 0 atom stereocenters. The number of carboxylic acid groups (broad SMARTS) is 2. The molecule has 0 saturated heterocycles. The van der Waals surface area contributed by atoms with Gasteiger partial charge in [-0.3, -0.25) is 9.88 Å². The molecule has 0 radical (unpaired) electrons. The van der Waals surface area contributed by atoms with Gasteiger partial charge in [0.25, 0.3) is 0 Å². The first-order chi connectivity index (χ1) is 12.9. The van der Waals surface area contributed by atoms with Crippen molar-refractivity contribution in [3.05, 3.63) is 53.9 Å². The number of carboxylic acids is 2. The number of aliphatic carboxylic acids is 2. The Labute approximate surface area is 158 Å². The van der Waals surface area contributed by atoms with Gasteiger partial charge in [0.15, 0.2) is 11.5 Å². The van der Waals surface area contributed by atoms with Gasteiger partial charge in [0.1, 0.15) is 0 Å². The van der Waals surface area contributed by atoms with E-state index in [1.807, 2.05) is 24.5 Å². The van der Waals surface area contributed by atoms with E-state index in [-0.39, 0.29) is 0 Å². The van der Waals surface area contributed by atoms with Gasteiger partial charge in [0, 0.05) is 25.5 Å². The molecule has 0 aliphatic carbocycles. The lowest BCUT2D eigenvalue weighted by atomic mass is 10.1. The van der Waals surface area contributed by atoms with Gasteiger partial charge < -0.3 is 19.7 Å². The fourth-order valence-electron chi connectivity index (χ4n) is 2.26. The Balaban J connectivity index is 0.000000527. The van der Waals surface area contributed by atoms with E-state index in [0.29, 0.717) is 0 Å². The zero-order valence-electron chi connectivity index (χ0n) is 15.6. The Morgan fingerprint density at radius 3 is 1.96 bits per heavy atom. The molecule has 2 aromatic rings. The molecule has 27 heavy (non-hydrogen) atoms. The first kappa shape index (κ1) is 21.9. The fraction of sp³-hybridized carbons (Fsp3) is 0.316. The van der Waals surface area contributed by atoms with Gasteiger partial charge in [-0.15, -0.1) is 0 Å². The summed E-state index contributed by atoms with van der Waals surface area (Å²) in [4.78, 5) is 24.6. The van der Waals surface area contributed by atoms with Crippen molar-refractivity contribution in [1.82, 2.24) is 9.88 Å². The van der Waals surface area contributed by atoms with Crippen molar-refractivity contribution in [2.75, 3.05) is 20.8 Å². The predicted molar refractivity (Wildman–Crippen MR) is 98.8 cm³/mol. The summed E-state index contributed by atoms with van der Waals surface area (Å²) >= 11 is 0. The summed E-state index contributed by atoms with van der Waals surface area (Å²) in [7, 11) is 3.31. The third-order valence-corrected chi connectivity index (χ3v) is 3.64. The van der Waals surface area contributed by atoms with Crippen LogP contribution in [0.3, 0.4) is 0 Å². The van der Waals surface area contributed by atoms with Crippen LogP contribution in [0.15, 0.2) is 42.7 Å². The second-order valence-electron chi connectivity index (χ2n) is 5.46. The van der Waals surface area contributed by atoms with Crippen LogP contribution in [0.25, 0.3) is 0 Å². The largest absolute Gasteiger partial charge is 0.493 e. The van der Waals surface area contributed by atoms with E-state index in [1.54, 1.807) is 14.2 Å². The van der Waals surface area contributed by atoms with E-state index in [4.69, 9.17) is 29.3 Å². The van der Waals surface area contributed by atoms with Crippen LogP contribution in [-0.4, -0.2) is 52.8 Å². The number of rotatable bonds is 7. The molecule has 1 aromatic carbocycles. The number of benzene rings is 1. The lowest BCUT2D eigenvalue weighted by molar-refractivity contribution is -0.159. The summed E-state index contributed by atoms with van der Waals surface area (Å²) in [5.41, 5.74) is 2.48. The highest BCUT2D eigenvalue weighted by Gasteiger charge is 2.09. The maximum Gasteiger partial charge on any atom is 0.414 e. The van der Waals surface area contributed by atoms with Crippen molar-refractivity contribution in [1.29, 1.82) is 0 Å². The highest BCUT2D eigenvalue weighted by atomic mass is 16.5. The highest BCUT2D eigenvalue weighted by Crippen LogP contribution is 2.28. The molecule has 2 N–H and O–H groups in total. The number of hydrogen-bond acceptors (Lipinski definition) is 6.